The number of hydrogen-bond donors (Lipinski definition) is 0. The molecule has 5 nitrogen and oxygen atoms in total. The van der Waals surface area contributed by atoms with Crippen molar-refractivity contribution >= 4 is 17.0 Å². The fraction of sp³-hybridized carbons (Fsp3) is 0.118. The number of nitrogens with zero attached hydrogens (tertiary/aromatic N) is 2. The summed E-state index contributed by atoms with van der Waals surface area (Å²) in [5.41, 5.74) is 2.00. The van der Waals surface area contributed by atoms with E-state index in [1.165, 1.54) is 11.7 Å². The summed E-state index contributed by atoms with van der Waals surface area (Å²) in [4.78, 5) is 28.8. The summed E-state index contributed by atoms with van der Waals surface area (Å²) in [6.45, 7) is -0.141. The number of rotatable bonds is 3. The maximum atomic E-state index is 12.7. The van der Waals surface area contributed by atoms with Gasteiger partial charge in [-0.3, -0.25) is 14.2 Å². The Balaban J connectivity index is 2.29. The number of esters is 1. The highest BCUT2D eigenvalue weighted by Crippen LogP contribution is 2.17. The molecule has 3 rings (SSSR count). The van der Waals surface area contributed by atoms with Crippen LogP contribution in [-0.4, -0.2) is 22.6 Å². The predicted octanol–water partition coefficient (Wildman–Crippen LogP) is 2.24. The van der Waals surface area contributed by atoms with Gasteiger partial charge in [0, 0.05) is 5.56 Å². The second-order valence-electron chi connectivity index (χ2n) is 4.78. The number of hydrogen-bond acceptors (Lipinski definition) is 4. The molecule has 0 aliphatic rings. The van der Waals surface area contributed by atoms with Crippen molar-refractivity contribution in [3.63, 3.8) is 0 Å². The molecule has 0 unspecified atom stereocenters. The number of para-hydroxylation sites is 2. The van der Waals surface area contributed by atoms with Crippen molar-refractivity contribution < 1.29 is 9.53 Å². The molecule has 1 heterocycles. The molecule has 0 saturated heterocycles. The van der Waals surface area contributed by atoms with Crippen LogP contribution in [0.3, 0.4) is 0 Å². The Labute approximate surface area is 126 Å². The molecule has 0 N–H and O–H groups in total. The second kappa shape index (κ2) is 5.81. The Morgan fingerprint density at radius 3 is 2.50 bits per heavy atom. The average molecular weight is 294 g/mol. The van der Waals surface area contributed by atoms with E-state index in [4.69, 9.17) is 0 Å². The number of ether oxygens (including phenoxy) is 1. The molecule has 0 bridgehead atoms. The van der Waals surface area contributed by atoms with E-state index in [0.29, 0.717) is 16.7 Å². The SMILES string of the molecule is COC(=O)Cn1c(=O)c(-c2ccccc2)nc2ccccc21. The molecule has 0 atom stereocenters. The van der Waals surface area contributed by atoms with Gasteiger partial charge in [-0.25, -0.2) is 4.98 Å². The van der Waals surface area contributed by atoms with E-state index in [9.17, 15) is 9.59 Å². The number of carbonyl (C=O) groups excluding carboxylic acids is 1. The monoisotopic (exact) mass is 294 g/mol. The van der Waals surface area contributed by atoms with Gasteiger partial charge in [-0.1, -0.05) is 42.5 Å². The van der Waals surface area contributed by atoms with Crippen LogP contribution < -0.4 is 5.56 Å². The quantitative estimate of drug-likeness (QED) is 0.695. The number of carbonyl (C=O) groups is 1. The van der Waals surface area contributed by atoms with Gasteiger partial charge < -0.3 is 4.74 Å². The summed E-state index contributed by atoms with van der Waals surface area (Å²) in [5, 5.41) is 0. The van der Waals surface area contributed by atoms with E-state index in [2.05, 4.69) is 9.72 Å². The number of benzene rings is 2. The van der Waals surface area contributed by atoms with Crippen molar-refractivity contribution in [2.24, 2.45) is 0 Å². The van der Waals surface area contributed by atoms with Crippen molar-refractivity contribution in [1.29, 1.82) is 0 Å². The Hall–Kier alpha value is -2.95. The van der Waals surface area contributed by atoms with Crippen LogP contribution in [0, 0.1) is 0 Å². The van der Waals surface area contributed by atoms with Crippen molar-refractivity contribution in [3.8, 4) is 11.3 Å². The van der Waals surface area contributed by atoms with E-state index in [1.54, 1.807) is 12.1 Å². The Kier molecular flexibility index (Phi) is 3.70. The van der Waals surface area contributed by atoms with E-state index in [0.717, 1.165) is 5.56 Å². The van der Waals surface area contributed by atoms with Crippen LogP contribution in [0.5, 0.6) is 0 Å². The van der Waals surface area contributed by atoms with Crippen LogP contribution in [0.15, 0.2) is 59.4 Å². The summed E-state index contributed by atoms with van der Waals surface area (Å²) in [7, 11) is 1.30. The maximum Gasteiger partial charge on any atom is 0.325 e. The van der Waals surface area contributed by atoms with E-state index >= 15 is 0 Å². The molecule has 2 aromatic carbocycles. The Bertz CT molecular complexity index is 885. The molecule has 0 radical (unpaired) electrons. The van der Waals surface area contributed by atoms with Crippen molar-refractivity contribution in [2.75, 3.05) is 7.11 Å². The summed E-state index contributed by atoms with van der Waals surface area (Å²) < 4.78 is 6.08. The van der Waals surface area contributed by atoms with Gasteiger partial charge >= 0.3 is 5.97 Å². The zero-order valence-corrected chi connectivity index (χ0v) is 12.0. The van der Waals surface area contributed by atoms with Gasteiger partial charge in [0.1, 0.15) is 12.2 Å². The standard InChI is InChI=1S/C17H14N2O3/c1-22-15(20)11-19-14-10-6-5-9-13(14)18-16(17(19)21)12-7-3-2-4-8-12/h2-10H,11H2,1H3. The van der Waals surface area contributed by atoms with Crippen LogP contribution in [0.4, 0.5) is 0 Å². The van der Waals surface area contributed by atoms with Gasteiger partial charge in [0.05, 0.1) is 18.1 Å². The fourth-order valence-corrected chi connectivity index (χ4v) is 2.33. The zero-order chi connectivity index (χ0) is 15.5. The molecule has 22 heavy (non-hydrogen) atoms. The van der Waals surface area contributed by atoms with E-state index < -0.39 is 5.97 Å². The predicted molar refractivity (Wildman–Crippen MR) is 83.5 cm³/mol. The second-order valence-corrected chi connectivity index (χ2v) is 4.78. The van der Waals surface area contributed by atoms with Crippen LogP contribution >= 0.6 is 0 Å². The molecule has 0 saturated carbocycles. The molecule has 110 valence electrons. The molecule has 0 aliphatic carbocycles. The third-order valence-corrected chi connectivity index (χ3v) is 3.41. The van der Waals surface area contributed by atoms with Crippen LogP contribution in [0.1, 0.15) is 0 Å². The highest BCUT2D eigenvalue weighted by atomic mass is 16.5. The molecule has 0 fully saturated rings. The third kappa shape index (κ3) is 2.48. The first-order chi connectivity index (χ1) is 10.7. The molecular weight excluding hydrogens is 280 g/mol. The van der Waals surface area contributed by atoms with Crippen molar-refractivity contribution in [2.45, 2.75) is 6.54 Å². The van der Waals surface area contributed by atoms with Crippen LogP contribution in [0.25, 0.3) is 22.3 Å². The van der Waals surface area contributed by atoms with Crippen molar-refractivity contribution in [3.05, 3.63) is 65.0 Å². The lowest BCUT2D eigenvalue weighted by Gasteiger charge is -2.11. The van der Waals surface area contributed by atoms with Crippen molar-refractivity contribution in [1.82, 2.24) is 9.55 Å². The summed E-state index contributed by atoms with van der Waals surface area (Å²) >= 11 is 0. The van der Waals surface area contributed by atoms with Crippen LogP contribution in [-0.2, 0) is 16.1 Å². The first-order valence-corrected chi connectivity index (χ1v) is 6.82. The molecule has 0 spiro atoms. The molecule has 0 amide bonds. The third-order valence-electron chi connectivity index (χ3n) is 3.41. The minimum atomic E-state index is -0.475. The van der Waals surface area contributed by atoms with Gasteiger partial charge in [-0.15, -0.1) is 0 Å². The van der Waals surface area contributed by atoms with Crippen LogP contribution in [0.2, 0.25) is 0 Å². The highest BCUT2D eigenvalue weighted by molar-refractivity contribution is 5.80. The van der Waals surface area contributed by atoms with Gasteiger partial charge in [-0.2, -0.15) is 0 Å². The lowest BCUT2D eigenvalue weighted by molar-refractivity contribution is -0.141. The highest BCUT2D eigenvalue weighted by Gasteiger charge is 2.14. The zero-order valence-electron chi connectivity index (χ0n) is 12.0. The topological polar surface area (TPSA) is 61.2 Å². The molecular formula is C17H14N2O3. The summed E-state index contributed by atoms with van der Waals surface area (Å²) in [6.07, 6.45) is 0. The minimum absolute atomic E-state index is 0.141. The smallest absolute Gasteiger partial charge is 0.325 e. The van der Waals surface area contributed by atoms with Gasteiger partial charge in [-0.05, 0) is 12.1 Å². The summed E-state index contributed by atoms with van der Waals surface area (Å²) in [5.74, 6) is -0.475. The fourth-order valence-electron chi connectivity index (χ4n) is 2.33. The maximum absolute atomic E-state index is 12.7. The average Bonchev–Trinajstić information content (AvgIpc) is 2.57. The van der Waals surface area contributed by atoms with Gasteiger partial charge in [0.2, 0.25) is 0 Å². The number of aromatic nitrogens is 2. The van der Waals surface area contributed by atoms with Gasteiger partial charge in [0.25, 0.3) is 5.56 Å². The van der Waals surface area contributed by atoms with Gasteiger partial charge in [0.15, 0.2) is 0 Å². The molecule has 0 aliphatic heterocycles. The lowest BCUT2D eigenvalue weighted by Crippen LogP contribution is -2.27. The van der Waals surface area contributed by atoms with E-state index in [1.807, 2.05) is 42.5 Å². The lowest BCUT2D eigenvalue weighted by atomic mass is 10.1. The largest absolute Gasteiger partial charge is 0.468 e. The molecule has 5 heteroatoms. The molecule has 1 aromatic heterocycles. The minimum Gasteiger partial charge on any atom is -0.468 e. The Morgan fingerprint density at radius 1 is 1.09 bits per heavy atom. The summed E-state index contributed by atoms with van der Waals surface area (Å²) in [6, 6.07) is 16.4. The first kappa shape index (κ1) is 14.0. The molecule has 3 aromatic rings. The van der Waals surface area contributed by atoms with E-state index in [-0.39, 0.29) is 12.1 Å². The number of methoxy groups -OCH3 is 1. The Morgan fingerprint density at radius 2 is 1.77 bits per heavy atom. The normalized spacial score (nSPS) is 10.6. The number of fused-ring (bicyclic) bond motifs is 1. The first-order valence-electron chi connectivity index (χ1n) is 6.82.